The average Bonchev–Trinajstić information content (AvgIpc) is 2.51. The van der Waals surface area contributed by atoms with Crippen molar-refractivity contribution in [3.63, 3.8) is 0 Å². The molecule has 0 radical (unpaired) electrons. The van der Waals surface area contributed by atoms with E-state index in [-0.39, 0.29) is 11.6 Å². The van der Waals surface area contributed by atoms with Gasteiger partial charge in [0, 0.05) is 26.2 Å². The van der Waals surface area contributed by atoms with Gasteiger partial charge in [0.1, 0.15) is 12.1 Å². The van der Waals surface area contributed by atoms with E-state index in [4.69, 9.17) is 0 Å². The van der Waals surface area contributed by atoms with Gasteiger partial charge in [0.25, 0.3) is 0 Å². The van der Waals surface area contributed by atoms with Crippen LogP contribution in [0.15, 0.2) is 30.6 Å². The van der Waals surface area contributed by atoms with Gasteiger partial charge in [-0.1, -0.05) is 12.1 Å². The molecule has 6 heteroatoms. The minimum absolute atomic E-state index is 0.227. The maximum absolute atomic E-state index is 14.0. The summed E-state index contributed by atoms with van der Waals surface area (Å²) in [5.41, 5.74) is 0.938. The number of para-hydroxylation sites is 1. The first kappa shape index (κ1) is 13.7. The Labute approximate surface area is 122 Å². The van der Waals surface area contributed by atoms with Gasteiger partial charge >= 0.3 is 0 Å². The summed E-state index contributed by atoms with van der Waals surface area (Å²) in [4.78, 5) is 11.7. The van der Waals surface area contributed by atoms with E-state index in [1.165, 1.54) is 12.4 Å². The molecule has 0 aliphatic carbocycles. The zero-order chi connectivity index (χ0) is 14.8. The predicted octanol–water partition coefficient (Wildman–Crippen LogP) is 2.39. The van der Waals surface area contributed by atoms with Crippen LogP contribution < -0.4 is 9.80 Å². The van der Waals surface area contributed by atoms with E-state index in [1.807, 2.05) is 15.9 Å². The molecule has 0 N–H and O–H groups in total. The van der Waals surface area contributed by atoms with Gasteiger partial charge < -0.3 is 9.80 Å². The second kappa shape index (κ2) is 5.63. The summed E-state index contributed by atoms with van der Waals surface area (Å²) < 4.78 is 27.8. The van der Waals surface area contributed by atoms with Gasteiger partial charge in [-0.3, -0.25) is 0 Å². The van der Waals surface area contributed by atoms with E-state index >= 15 is 0 Å². The summed E-state index contributed by atoms with van der Waals surface area (Å²) in [6.45, 7) is 4.08. The molecular weight excluding hydrogens is 274 g/mol. The zero-order valence-electron chi connectivity index (χ0n) is 11.8. The molecule has 0 spiro atoms. The third-order valence-electron chi connectivity index (χ3n) is 3.72. The van der Waals surface area contributed by atoms with E-state index in [2.05, 4.69) is 9.97 Å². The van der Waals surface area contributed by atoms with Crippen molar-refractivity contribution in [1.82, 2.24) is 9.97 Å². The van der Waals surface area contributed by atoms with Crippen molar-refractivity contribution >= 4 is 11.5 Å². The lowest BCUT2D eigenvalue weighted by Gasteiger charge is -2.36. The predicted molar refractivity (Wildman–Crippen MR) is 77.6 cm³/mol. The van der Waals surface area contributed by atoms with Crippen molar-refractivity contribution in [2.75, 3.05) is 36.0 Å². The maximum Gasteiger partial charge on any atom is 0.186 e. The van der Waals surface area contributed by atoms with Gasteiger partial charge in [0.2, 0.25) is 0 Å². The van der Waals surface area contributed by atoms with Crippen molar-refractivity contribution in [1.29, 1.82) is 0 Å². The molecule has 1 aliphatic rings. The molecule has 110 valence electrons. The highest BCUT2D eigenvalue weighted by molar-refractivity contribution is 5.50. The Hall–Kier alpha value is -2.24. The number of nitrogens with zero attached hydrogens (tertiary/aromatic N) is 4. The Morgan fingerprint density at radius 3 is 2.33 bits per heavy atom. The second-order valence-corrected chi connectivity index (χ2v) is 5.02. The van der Waals surface area contributed by atoms with Gasteiger partial charge in [-0.2, -0.15) is 0 Å². The molecule has 21 heavy (non-hydrogen) atoms. The summed E-state index contributed by atoms with van der Waals surface area (Å²) in [6, 6.07) is 6.71. The number of benzene rings is 1. The lowest BCUT2D eigenvalue weighted by molar-refractivity contribution is 0.566. The van der Waals surface area contributed by atoms with Crippen molar-refractivity contribution in [3.05, 3.63) is 47.9 Å². The number of aryl methyl sites for hydroxylation is 1. The fourth-order valence-electron chi connectivity index (χ4n) is 2.53. The van der Waals surface area contributed by atoms with Crippen LogP contribution >= 0.6 is 0 Å². The topological polar surface area (TPSA) is 32.3 Å². The summed E-state index contributed by atoms with van der Waals surface area (Å²) >= 11 is 0. The zero-order valence-corrected chi connectivity index (χ0v) is 11.8. The molecule has 4 nitrogen and oxygen atoms in total. The summed E-state index contributed by atoms with van der Waals surface area (Å²) in [5.74, 6) is -0.275. The van der Waals surface area contributed by atoms with Crippen LogP contribution in [0.3, 0.4) is 0 Å². The quantitative estimate of drug-likeness (QED) is 0.850. The molecule has 1 fully saturated rings. The van der Waals surface area contributed by atoms with Crippen molar-refractivity contribution in [2.24, 2.45) is 0 Å². The first-order valence-corrected chi connectivity index (χ1v) is 6.88. The number of rotatable bonds is 2. The molecule has 0 saturated carbocycles. The molecule has 0 unspecified atom stereocenters. The normalized spacial score (nSPS) is 15.4. The Morgan fingerprint density at radius 2 is 1.62 bits per heavy atom. The van der Waals surface area contributed by atoms with Crippen molar-refractivity contribution in [2.45, 2.75) is 6.92 Å². The lowest BCUT2D eigenvalue weighted by Crippen LogP contribution is -2.47. The summed E-state index contributed by atoms with van der Waals surface area (Å²) in [7, 11) is 0. The van der Waals surface area contributed by atoms with Crippen LogP contribution in [0.4, 0.5) is 20.3 Å². The number of aromatic nitrogens is 2. The fraction of sp³-hybridized carbons (Fsp3) is 0.333. The van der Waals surface area contributed by atoms with Crippen LogP contribution in [0.2, 0.25) is 0 Å². The smallest absolute Gasteiger partial charge is 0.186 e. The van der Waals surface area contributed by atoms with Gasteiger partial charge in [-0.25, -0.2) is 18.7 Å². The first-order valence-electron chi connectivity index (χ1n) is 6.88. The number of anilines is 2. The molecule has 1 saturated heterocycles. The first-order chi connectivity index (χ1) is 10.2. The third kappa shape index (κ3) is 2.66. The van der Waals surface area contributed by atoms with Gasteiger partial charge in [-0.05, 0) is 19.1 Å². The minimum atomic E-state index is -0.378. The number of piperazine rings is 1. The Morgan fingerprint density at radius 1 is 0.952 bits per heavy atom. The molecule has 0 bridgehead atoms. The Kier molecular flexibility index (Phi) is 3.68. The van der Waals surface area contributed by atoms with E-state index in [1.54, 1.807) is 19.1 Å². The lowest BCUT2D eigenvalue weighted by atomic mass is 10.2. The SMILES string of the molecule is Cc1ncnc(N2CCN(c3ccccc3F)CC2)c1F. The highest BCUT2D eigenvalue weighted by Crippen LogP contribution is 2.23. The van der Waals surface area contributed by atoms with E-state index in [9.17, 15) is 8.78 Å². The second-order valence-electron chi connectivity index (χ2n) is 5.02. The molecule has 1 aliphatic heterocycles. The molecule has 2 aromatic rings. The molecular formula is C15H16F2N4. The van der Waals surface area contributed by atoms with Crippen LogP contribution in [0.5, 0.6) is 0 Å². The molecule has 1 aromatic heterocycles. The standard InChI is InChI=1S/C15H16F2N4/c1-11-14(17)15(19-10-18-11)21-8-6-20(7-9-21)13-5-3-2-4-12(13)16/h2-5,10H,6-9H2,1H3. The maximum atomic E-state index is 14.0. The average molecular weight is 290 g/mol. The highest BCUT2D eigenvalue weighted by Gasteiger charge is 2.22. The number of hydrogen-bond acceptors (Lipinski definition) is 4. The molecule has 1 aromatic carbocycles. The fourth-order valence-corrected chi connectivity index (χ4v) is 2.53. The van der Waals surface area contributed by atoms with Crippen LogP contribution in [0.1, 0.15) is 5.69 Å². The molecule has 0 amide bonds. The molecule has 3 rings (SSSR count). The number of hydrogen-bond donors (Lipinski definition) is 0. The van der Waals surface area contributed by atoms with E-state index in [0.717, 1.165) is 0 Å². The van der Waals surface area contributed by atoms with Crippen LogP contribution in [-0.4, -0.2) is 36.1 Å². The minimum Gasteiger partial charge on any atom is -0.366 e. The van der Waals surface area contributed by atoms with Crippen LogP contribution in [0, 0.1) is 18.6 Å². The number of halogens is 2. The molecule has 2 heterocycles. The Balaban J connectivity index is 1.74. The van der Waals surface area contributed by atoms with Crippen molar-refractivity contribution < 1.29 is 8.78 Å². The Bertz CT molecular complexity index is 639. The summed E-state index contributed by atoms with van der Waals surface area (Å²) in [6.07, 6.45) is 1.37. The largest absolute Gasteiger partial charge is 0.366 e. The van der Waals surface area contributed by atoms with Crippen LogP contribution in [0.25, 0.3) is 0 Å². The monoisotopic (exact) mass is 290 g/mol. The van der Waals surface area contributed by atoms with Crippen molar-refractivity contribution in [3.8, 4) is 0 Å². The summed E-state index contributed by atoms with van der Waals surface area (Å²) in [5, 5.41) is 0. The third-order valence-corrected chi connectivity index (χ3v) is 3.72. The molecule has 0 atom stereocenters. The van der Waals surface area contributed by atoms with Gasteiger partial charge in [-0.15, -0.1) is 0 Å². The van der Waals surface area contributed by atoms with E-state index in [0.29, 0.717) is 43.4 Å². The van der Waals surface area contributed by atoms with E-state index < -0.39 is 0 Å². The van der Waals surface area contributed by atoms with Crippen LogP contribution in [-0.2, 0) is 0 Å². The van der Waals surface area contributed by atoms with Gasteiger partial charge in [0.05, 0.1) is 11.4 Å². The van der Waals surface area contributed by atoms with Gasteiger partial charge in [0.15, 0.2) is 11.6 Å². The highest BCUT2D eigenvalue weighted by atomic mass is 19.1.